The van der Waals surface area contributed by atoms with Gasteiger partial charge in [-0.2, -0.15) is 0 Å². The molecule has 0 aromatic heterocycles. The van der Waals surface area contributed by atoms with Crippen LogP contribution in [0.2, 0.25) is 0 Å². The number of carbonyl (C=O) groups is 1. The summed E-state index contributed by atoms with van der Waals surface area (Å²) in [5, 5.41) is 6.43. The molecule has 1 aliphatic rings. The van der Waals surface area contributed by atoms with Crippen LogP contribution < -0.4 is 10.6 Å². The Hall–Kier alpha value is -1.06. The second-order valence-corrected chi connectivity index (χ2v) is 5.87. The van der Waals surface area contributed by atoms with Crippen LogP contribution in [-0.2, 0) is 11.2 Å². The molecule has 1 aromatic rings. The normalized spacial score (nSPS) is 21.4. The summed E-state index contributed by atoms with van der Waals surface area (Å²) in [5.74, 6) is 0.311. The molecule has 0 saturated carbocycles. The van der Waals surface area contributed by atoms with Gasteiger partial charge in [0.1, 0.15) is 0 Å². The molecule has 118 valence electrons. The number of aryl methyl sites for hydroxylation is 1. The number of benzene rings is 1. The maximum Gasteiger partial charge on any atom is 0.227 e. The molecule has 0 unspecified atom stereocenters. The van der Waals surface area contributed by atoms with Crippen LogP contribution >= 0.6 is 12.4 Å². The minimum absolute atomic E-state index is 0. The number of rotatable bonds is 5. The van der Waals surface area contributed by atoms with Crippen molar-refractivity contribution in [3.8, 4) is 0 Å². The molecule has 1 amide bonds. The molecule has 0 spiro atoms. The molecule has 4 heteroatoms. The Bertz CT molecular complexity index is 433. The number of hydrogen-bond donors (Lipinski definition) is 2. The second-order valence-electron chi connectivity index (χ2n) is 5.87. The third kappa shape index (κ3) is 5.68. The van der Waals surface area contributed by atoms with Gasteiger partial charge in [0, 0.05) is 17.6 Å². The van der Waals surface area contributed by atoms with Gasteiger partial charge >= 0.3 is 0 Å². The third-order valence-corrected chi connectivity index (χ3v) is 4.03. The van der Waals surface area contributed by atoms with E-state index < -0.39 is 0 Å². The molecule has 1 fully saturated rings. The van der Waals surface area contributed by atoms with Crippen LogP contribution in [0.25, 0.3) is 0 Å². The summed E-state index contributed by atoms with van der Waals surface area (Å²) in [6.45, 7) is 5.28. The van der Waals surface area contributed by atoms with Crippen molar-refractivity contribution >= 4 is 24.0 Å². The fourth-order valence-corrected chi connectivity index (χ4v) is 2.75. The Morgan fingerprint density at radius 1 is 1.33 bits per heavy atom. The van der Waals surface area contributed by atoms with E-state index in [1.165, 1.54) is 18.4 Å². The van der Waals surface area contributed by atoms with Gasteiger partial charge in [-0.1, -0.05) is 25.5 Å². The number of halogens is 1. The minimum Gasteiger partial charge on any atom is -0.326 e. The zero-order valence-electron chi connectivity index (χ0n) is 13.0. The molecule has 0 bridgehead atoms. The first-order valence-corrected chi connectivity index (χ1v) is 7.82. The lowest BCUT2D eigenvalue weighted by Crippen LogP contribution is -2.40. The van der Waals surface area contributed by atoms with Crippen molar-refractivity contribution in [2.24, 2.45) is 5.92 Å². The lowest BCUT2D eigenvalue weighted by atomic mass is 9.92. The Morgan fingerprint density at radius 2 is 2.05 bits per heavy atom. The summed E-state index contributed by atoms with van der Waals surface area (Å²) < 4.78 is 0. The summed E-state index contributed by atoms with van der Waals surface area (Å²) >= 11 is 0. The number of piperidine rings is 1. The van der Waals surface area contributed by atoms with E-state index in [-0.39, 0.29) is 24.2 Å². The number of amides is 1. The Morgan fingerprint density at radius 3 is 2.67 bits per heavy atom. The van der Waals surface area contributed by atoms with E-state index in [9.17, 15) is 4.79 Å². The zero-order chi connectivity index (χ0) is 14.4. The summed E-state index contributed by atoms with van der Waals surface area (Å²) in [4.78, 5) is 12.2. The van der Waals surface area contributed by atoms with Crippen molar-refractivity contribution in [2.45, 2.75) is 52.0 Å². The lowest BCUT2D eigenvalue weighted by molar-refractivity contribution is -0.120. The predicted molar refractivity (Wildman–Crippen MR) is 91.1 cm³/mol. The molecule has 1 aromatic carbocycles. The highest BCUT2D eigenvalue weighted by molar-refractivity contribution is 5.92. The van der Waals surface area contributed by atoms with E-state index in [4.69, 9.17) is 0 Å². The van der Waals surface area contributed by atoms with Crippen LogP contribution in [-0.4, -0.2) is 18.5 Å². The van der Waals surface area contributed by atoms with Gasteiger partial charge in [0.15, 0.2) is 0 Å². The third-order valence-electron chi connectivity index (χ3n) is 4.03. The van der Waals surface area contributed by atoms with E-state index in [2.05, 4.69) is 36.6 Å². The Balaban J connectivity index is 0.00000220. The average molecular weight is 311 g/mol. The maximum atomic E-state index is 12.2. The molecule has 2 rings (SSSR count). The van der Waals surface area contributed by atoms with E-state index in [1.807, 2.05) is 12.1 Å². The van der Waals surface area contributed by atoms with Crippen LogP contribution in [0.4, 0.5) is 5.69 Å². The maximum absolute atomic E-state index is 12.2. The van der Waals surface area contributed by atoms with Crippen LogP contribution in [0.1, 0.15) is 45.1 Å². The number of carbonyl (C=O) groups excluding carboxylic acids is 1. The largest absolute Gasteiger partial charge is 0.326 e. The van der Waals surface area contributed by atoms with Crippen LogP contribution in [0.3, 0.4) is 0 Å². The second kappa shape index (κ2) is 9.06. The van der Waals surface area contributed by atoms with E-state index in [0.29, 0.717) is 6.04 Å². The van der Waals surface area contributed by atoms with Crippen molar-refractivity contribution in [3.63, 3.8) is 0 Å². The highest BCUT2D eigenvalue weighted by atomic mass is 35.5. The smallest absolute Gasteiger partial charge is 0.227 e. The average Bonchev–Trinajstić information content (AvgIpc) is 2.46. The van der Waals surface area contributed by atoms with Crippen molar-refractivity contribution in [1.29, 1.82) is 0 Å². The first-order chi connectivity index (χ1) is 9.69. The first kappa shape index (κ1) is 18.0. The molecule has 1 aliphatic heterocycles. The van der Waals surface area contributed by atoms with Crippen LogP contribution in [0.15, 0.2) is 24.3 Å². The number of anilines is 1. The number of nitrogens with one attached hydrogen (secondary N) is 2. The van der Waals surface area contributed by atoms with Gasteiger partial charge < -0.3 is 10.6 Å². The summed E-state index contributed by atoms with van der Waals surface area (Å²) in [6, 6.07) is 8.73. The van der Waals surface area contributed by atoms with Gasteiger partial charge in [-0.25, -0.2) is 0 Å². The molecule has 2 atom stereocenters. The highest BCUT2D eigenvalue weighted by Gasteiger charge is 2.24. The lowest BCUT2D eigenvalue weighted by Gasteiger charge is -2.27. The van der Waals surface area contributed by atoms with Crippen molar-refractivity contribution in [2.75, 3.05) is 11.9 Å². The molecule has 2 N–H and O–H groups in total. The van der Waals surface area contributed by atoms with Crippen molar-refractivity contribution < 1.29 is 4.79 Å². The summed E-state index contributed by atoms with van der Waals surface area (Å²) in [6.07, 6.45) is 5.42. The van der Waals surface area contributed by atoms with Gasteiger partial charge in [0.05, 0.1) is 0 Å². The minimum atomic E-state index is 0. The van der Waals surface area contributed by atoms with Gasteiger partial charge in [0.2, 0.25) is 5.91 Å². The van der Waals surface area contributed by atoms with Crippen molar-refractivity contribution in [1.82, 2.24) is 5.32 Å². The first-order valence-electron chi connectivity index (χ1n) is 7.82. The molecule has 1 heterocycles. The van der Waals surface area contributed by atoms with Crippen LogP contribution in [0, 0.1) is 5.92 Å². The SMILES string of the molecule is CCCCc1ccc(NC(=O)[C@H]2CCN[C@@H](C)C2)cc1.Cl. The standard InChI is InChI=1S/C17H26N2O.ClH/c1-3-4-5-14-6-8-16(9-7-14)19-17(20)15-10-11-18-13(2)12-15;/h6-9,13,15,18H,3-5,10-12H2,1-2H3,(H,19,20);1H/t13-,15-;/m0./s1. The summed E-state index contributed by atoms with van der Waals surface area (Å²) in [7, 11) is 0. The van der Waals surface area contributed by atoms with Crippen molar-refractivity contribution in [3.05, 3.63) is 29.8 Å². The topological polar surface area (TPSA) is 41.1 Å². The molecule has 1 saturated heterocycles. The van der Waals surface area contributed by atoms with Gasteiger partial charge in [-0.15, -0.1) is 12.4 Å². The van der Waals surface area contributed by atoms with E-state index >= 15 is 0 Å². The monoisotopic (exact) mass is 310 g/mol. The van der Waals surface area contributed by atoms with Gasteiger partial charge in [0.25, 0.3) is 0 Å². The fraction of sp³-hybridized carbons (Fsp3) is 0.588. The number of hydrogen-bond acceptors (Lipinski definition) is 2. The van der Waals surface area contributed by atoms with Gasteiger partial charge in [-0.05, 0) is 56.8 Å². The fourth-order valence-electron chi connectivity index (χ4n) is 2.75. The molecular weight excluding hydrogens is 284 g/mol. The molecule has 3 nitrogen and oxygen atoms in total. The van der Waals surface area contributed by atoms with Gasteiger partial charge in [-0.3, -0.25) is 4.79 Å². The van der Waals surface area contributed by atoms with Crippen LogP contribution in [0.5, 0.6) is 0 Å². The number of unbranched alkanes of at least 4 members (excludes halogenated alkanes) is 1. The van der Waals surface area contributed by atoms with E-state index in [1.54, 1.807) is 0 Å². The quantitative estimate of drug-likeness (QED) is 0.869. The molecule has 21 heavy (non-hydrogen) atoms. The molecule has 0 radical (unpaired) electrons. The highest BCUT2D eigenvalue weighted by Crippen LogP contribution is 2.19. The summed E-state index contributed by atoms with van der Waals surface area (Å²) in [5.41, 5.74) is 2.27. The predicted octanol–water partition coefficient (Wildman–Crippen LogP) is 3.78. The Kier molecular flexibility index (Phi) is 7.76. The van der Waals surface area contributed by atoms with E-state index in [0.717, 1.165) is 31.5 Å². The molecule has 0 aliphatic carbocycles. The molecular formula is C17H27ClN2O. The Labute approximate surface area is 134 Å². The zero-order valence-corrected chi connectivity index (χ0v) is 13.8.